The summed E-state index contributed by atoms with van der Waals surface area (Å²) in [6.45, 7) is 2.12. The van der Waals surface area contributed by atoms with Gasteiger partial charge in [-0.2, -0.15) is 0 Å². The van der Waals surface area contributed by atoms with E-state index < -0.39 is 0 Å². The van der Waals surface area contributed by atoms with Crippen molar-refractivity contribution in [1.82, 2.24) is 4.57 Å². The van der Waals surface area contributed by atoms with E-state index in [1.807, 2.05) is 47.6 Å². The van der Waals surface area contributed by atoms with Crippen LogP contribution in [0.1, 0.15) is 29.4 Å². The van der Waals surface area contributed by atoms with Gasteiger partial charge in [-0.3, -0.25) is 0 Å². The van der Waals surface area contributed by atoms with Gasteiger partial charge in [-0.1, -0.05) is 18.2 Å². The molecule has 27 heavy (non-hydrogen) atoms. The minimum absolute atomic E-state index is 0.116. The van der Waals surface area contributed by atoms with Crippen molar-refractivity contribution >= 4 is 44.6 Å². The minimum atomic E-state index is -0.337. The summed E-state index contributed by atoms with van der Waals surface area (Å²) in [5.41, 5.74) is 2.39. The molecule has 0 radical (unpaired) electrons. The predicted octanol–water partition coefficient (Wildman–Crippen LogP) is 5.55. The van der Waals surface area contributed by atoms with E-state index >= 15 is 0 Å². The molecule has 0 amide bonds. The van der Waals surface area contributed by atoms with E-state index in [0.717, 1.165) is 35.2 Å². The Kier molecular flexibility index (Phi) is 6.50. The molecule has 0 fully saturated rings. The Labute approximate surface area is 171 Å². The van der Waals surface area contributed by atoms with Crippen LogP contribution < -0.4 is 0 Å². The van der Waals surface area contributed by atoms with Crippen molar-refractivity contribution in [3.63, 3.8) is 0 Å². The number of nitrogens with zero attached hydrogens (tertiary/aromatic N) is 1. The second-order valence-electron chi connectivity index (χ2n) is 6.19. The molecule has 1 N–H and O–H groups in total. The maximum atomic E-state index is 12.6. The van der Waals surface area contributed by atoms with E-state index in [1.54, 1.807) is 13.0 Å². The van der Waals surface area contributed by atoms with Crippen LogP contribution in [0.15, 0.2) is 51.8 Å². The Bertz CT molecular complexity index is 953. The van der Waals surface area contributed by atoms with Crippen LogP contribution in [0.2, 0.25) is 0 Å². The highest BCUT2D eigenvalue weighted by molar-refractivity contribution is 9.10. The first kappa shape index (κ1) is 19.8. The highest BCUT2D eigenvalue weighted by Gasteiger charge is 2.23. The van der Waals surface area contributed by atoms with Crippen LogP contribution in [0.25, 0.3) is 10.9 Å². The van der Waals surface area contributed by atoms with Crippen LogP contribution in [0.5, 0.6) is 5.75 Å². The summed E-state index contributed by atoms with van der Waals surface area (Å²) >= 11 is 5.17. The van der Waals surface area contributed by atoms with Gasteiger partial charge < -0.3 is 14.4 Å². The summed E-state index contributed by atoms with van der Waals surface area (Å²) in [5, 5.41) is 10.8. The zero-order chi connectivity index (χ0) is 19.4. The largest absolute Gasteiger partial charge is 0.507 e. The Balaban J connectivity index is 1.87. The fraction of sp³-hybridized carbons (Fsp3) is 0.286. The van der Waals surface area contributed by atoms with Gasteiger partial charge in [-0.25, -0.2) is 4.79 Å². The second-order valence-corrected chi connectivity index (χ2v) is 8.21. The number of rotatable bonds is 7. The van der Waals surface area contributed by atoms with Crippen molar-refractivity contribution < 1.29 is 14.6 Å². The van der Waals surface area contributed by atoms with Crippen molar-refractivity contribution in [2.45, 2.75) is 24.7 Å². The number of ether oxygens (including phenoxy) is 1. The number of thioether (sulfide) groups is 1. The first-order valence-corrected chi connectivity index (χ1v) is 10.7. The molecule has 0 bridgehead atoms. The molecule has 2 aromatic carbocycles. The topological polar surface area (TPSA) is 51.5 Å². The van der Waals surface area contributed by atoms with Gasteiger partial charge in [0.2, 0.25) is 0 Å². The van der Waals surface area contributed by atoms with Gasteiger partial charge in [-0.15, -0.1) is 11.8 Å². The maximum absolute atomic E-state index is 12.6. The Morgan fingerprint density at radius 1 is 1.26 bits per heavy atom. The van der Waals surface area contributed by atoms with Crippen molar-refractivity contribution in [1.29, 1.82) is 0 Å². The number of carbonyl (C=O) groups is 1. The number of halogens is 1. The monoisotopic (exact) mass is 447 g/mol. The van der Waals surface area contributed by atoms with Crippen LogP contribution in [0, 0.1) is 0 Å². The van der Waals surface area contributed by atoms with Crippen LogP contribution in [-0.2, 0) is 18.2 Å². The Morgan fingerprint density at radius 3 is 2.70 bits per heavy atom. The van der Waals surface area contributed by atoms with Gasteiger partial charge in [-0.05, 0) is 65.7 Å². The van der Waals surface area contributed by atoms with E-state index in [1.165, 1.54) is 4.90 Å². The van der Waals surface area contributed by atoms with E-state index in [2.05, 4.69) is 28.1 Å². The molecule has 1 heterocycles. The van der Waals surface area contributed by atoms with Crippen LogP contribution >= 0.6 is 27.7 Å². The van der Waals surface area contributed by atoms with Gasteiger partial charge >= 0.3 is 5.97 Å². The molecule has 3 aromatic rings. The number of fused-ring (bicyclic) bond motifs is 1. The zero-order valence-corrected chi connectivity index (χ0v) is 17.8. The summed E-state index contributed by atoms with van der Waals surface area (Å²) in [6, 6.07) is 13.8. The maximum Gasteiger partial charge on any atom is 0.340 e. The lowest BCUT2D eigenvalue weighted by atomic mass is 10.1. The average Bonchev–Trinajstić information content (AvgIpc) is 2.92. The van der Waals surface area contributed by atoms with Crippen molar-refractivity contribution in [3.05, 3.63) is 58.2 Å². The van der Waals surface area contributed by atoms with Crippen molar-refractivity contribution in [2.75, 3.05) is 12.4 Å². The van der Waals surface area contributed by atoms with E-state index in [4.69, 9.17) is 4.74 Å². The van der Waals surface area contributed by atoms with E-state index in [9.17, 15) is 9.90 Å². The smallest absolute Gasteiger partial charge is 0.340 e. The van der Waals surface area contributed by atoms with Crippen molar-refractivity contribution in [3.8, 4) is 5.75 Å². The van der Waals surface area contributed by atoms with Crippen LogP contribution in [0.4, 0.5) is 0 Å². The number of phenols is 1. The number of aromatic hydroxyl groups is 1. The number of aromatic nitrogens is 1. The number of hydrogen-bond donors (Lipinski definition) is 1. The fourth-order valence-corrected chi connectivity index (χ4v) is 4.37. The molecule has 1 aromatic heterocycles. The molecular formula is C21H22BrNO3S. The average molecular weight is 448 g/mol. The summed E-state index contributed by atoms with van der Waals surface area (Å²) in [5.74, 6) is 0.739. The molecule has 6 heteroatoms. The molecular weight excluding hydrogens is 426 g/mol. The normalized spacial score (nSPS) is 11.1. The quantitative estimate of drug-likeness (QED) is 0.293. The van der Waals surface area contributed by atoms with Gasteiger partial charge in [0.15, 0.2) is 0 Å². The lowest BCUT2D eigenvalue weighted by Gasteiger charge is -2.08. The number of benzene rings is 2. The molecule has 3 rings (SSSR count). The SMILES string of the molecule is CCOC(=O)c1c(CCCSc2ccccc2)n(C)c2cc(Br)c(O)cc12. The highest BCUT2D eigenvalue weighted by atomic mass is 79.9. The molecule has 0 spiro atoms. The Hall–Kier alpha value is -1.92. The number of hydrogen-bond acceptors (Lipinski definition) is 4. The lowest BCUT2D eigenvalue weighted by molar-refractivity contribution is 0.0527. The first-order valence-electron chi connectivity index (χ1n) is 8.87. The predicted molar refractivity (Wildman–Crippen MR) is 114 cm³/mol. The number of carbonyl (C=O) groups excluding carboxylic acids is 1. The summed E-state index contributed by atoms with van der Waals surface area (Å²) in [6.07, 6.45) is 1.70. The molecule has 0 aliphatic heterocycles. The molecule has 0 saturated heterocycles. The molecule has 0 atom stereocenters. The molecule has 142 valence electrons. The third-order valence-electron chi connectivity index (χ3n) is 4.44. The van der Waals surface area contributed by atoms with E-state index in [0.29, 0.717) is 16.6 Å². The van der Waals surface area contributed by atoms with Gasteiger partial charge in [0.05, 0.1) is 22.2 Å². The van der Waals surface area contributed by atoms with Crippen LogP contribution in [0.3, 0.4) is 0 Å². The molecule has 4 nitrogen and oxygen atoms in total. The minimum Gasteiger partial charge on any atom is -0.507 e. The zero-order valence-electron chi connectivity index (χ0n) is 15.4. The molecule has 0 unspecified atom stereocenters. The van der Waals surface area contributed by atoms with Crippen molar-refractivity contribution in [2.24, 2.45) is 7.05 Å². The fourth-order valence-electron chi connectivity index (χ4n) is 3.17. The summed E-state index contributed by atoms with van der Waals surface area (Å²) in [4.78, 5) is 13.9. The molecule has 0 aliphatic carbocycles. The van der Waals surface area contributed by atoms with E-state index in [-0.39, 0.29) is 11.7 Å². The second kappa shape index (κ2) is 8.85. The Morgan fingerprint density at radius 2 is 2.00 bits per heavy atom. The summed E-state index contributed by atoms with van der Waals surface area (Å²) < 4.78 is 7.92. The highest BCUT2D eigenvalue weighted by Crippen LogP contribution is 2.35. The first-order chi connectivity index (χ1) is 13.0. The van der Waals surface area contributed by atoms with Crippen LogP contribution in [-0.4, -0.2) is 28.0 Å². The standard InChI is InChI=1S/C21H22BrNO3S/c1-3-26-21(25)20-15-12-19(24)16(22)13-18(15)23(2)17(20)10-7-11-27-14-8-5-4-6-9-14/h4-6,8-9,12-13,24H,3,7,10-11H2,1-2H3. The number of esters is 1. The van der Waals surface area contributed by atoms with Gasteiger partial charge in [0.1, 0.15) is 5.75 Å². The number of phenolic OH excluding ortho intramolecular Hbond substituents is 1. The number of aryl methyl sites for hydroxylation is 1. The third-order valence-corrected chi connectivity index (χ3v) is 6.17. The van der Waals surface area contributed by atoms with Gasteiger partial charge in [0.25, 0.3) is 0 Å². The third kappa shape index (κ3) is 4.33. The summed E-state index contributed by atoms with van der Waals surface area (Å²) in [7, 11) is 1.95. The molecule has 0 aliphatic rings. The van der Waals surface area contributed by atoms with Gasteiger partial charge in [0, 0.05) is 23.0 Å². The molecule has 0 saturated carbocycles. The lowest BCUT2D eigenvalue weighted by Crippen LogP contribution is -2.09.